The van der Waals surface area contributed by atoms with E-state index in [1.54, 1.807) is 0 Å². The number of carboxylic acid groups (broad SMARTS) is 1. The third kappa shape index (κ3) is 1.93. The molecule has 7 heteroatoms. The Balaban J connectivity index is 2.73. The molecule has 0 bridgehead atoms. The van der Waals surface area contributed by atoms with Gasteiger partial charge in [0, 0.05) is 6.07 Å². The first-order valence-electron chi connectivity index (χ1n) is 4.89. The van der Waals surface area contributed by atoms with Crippen LogP contribution in [-0.2, 0) is 0 Å². The van der Waals surface area contributed by atoms with Crippen LogP contribution in [-0.4, -0.2) is 20.9 Å². The number of carboxylic acids is 1. The van der Waals surface area contributed by atoms with Gasteiger partial charge in [-0.1, -0.05) is 12.1 Å². The summed E-state index contributed by atoms with van der Waals surface area (Å²) < 4.78 is 14.2. The lowest BCUT2D eigenvalue weighted by molar-refractivity contribution is 0.0689. The molecule has 6 nitrogen and oxygen atoms in total. The molecule has 92 valence electrons. The number of halogens is 1. The SMILES string of the molecule is Nc1cc(=O)n(-c2ccccc2F)nc1C(=O)O. The largest absolute Gasteiger partial charge is 0.476 e. The third-order valence-electron chi connectivity index (χ3n) is 2.24. The average molecular weight is 249 g/mol. The summed E-state index contributed by atoms with van der Waals surface area (Å²) in [7, 11) is 0. The summed E-state index contributed by atoms with van der Waals surface area (Å²) in [5, 5.41) is 12.4. The zero-order chi connectivity index (χ0) is 13.3. The van der Waals surface area contributed by atoms with Crippen molar-refractivity contribution in [2.45, 2.75) is 0 Å². The molecule has 1 heterocycles. The average Bonchev–Trinajstić information content (AvgIpc) is 2.30. The molecular formula is C11H8FN3O3. The van der Waals surface area contributed by atoms with Gasteiger partial charge < -0.3 is 10.8 Å². The van der Waals surface area contributed by atoms with Crippen molar-refractivity contribution in [2.75, 3.05) is 5.73 Å². The summed E-state index contributed by atoms with van der Waals surface area (Å²) in [5.41, 5.74) is 3.75. The number of para-hydroxylation sites is 1. The minimum absolute atomic E-state index is 0.134. The van der Waals surface area contributed by atoms with Crippen molar-refractivity contribution in [1.82, 2.24) is 9.78 Å². The van der Waals surface area contributed by atoms with Crippen molar-refractivity contribution in [3.05, 3.63) is 52.2 Å². The van der Waals surface area contributed by atoms with Crippen LogP contribution in [0.5, 0.6) is 0 Å². The van der Waals surface area contributed by atoms with Gasteiger partial charge in [0.1, 0.15) is 11.5 Å². The van der Waals surface area contributed by atoms with Gasteiger partial charge in [-0.25, -0.2) is 9.18 Å². The number of aromatic carboxylic acids is 1. The molecule has 0 fully saturated rings. The second kappa shape index (κ2) is 4.28. The number of anilines is 1. The van der Waals surface area contributed by atoms with E-state index >= 15 is 0 Å². The van der Waals surface area contributed by atoms with Crippen LogP contribution in [0.4, 0.5) is 10.1 Å². The molecule has 18 heavy (non-hydrogen) atoms. The van der Waals surface area contributed by atoms with E-state index in [4.69, 9.17) is 10.8 Å². The predicted molar refractivity (Wildman–Crippen MR) is 61.2 cm³/mol. The molecule has 2 rings (SSSR count). The third-order valence-corrected chi connectivity index (χ3v) is 2.24. The van der Waals surface area contributed by atoms with Gasteiger partial charge in [-0.05, 0) is 12.1 Å². The van der Waals surface area contributed by atoms with Crippen molar-refractivity contribution in [1.29, 1.82) is 0 Å². The van der Waals surface area contributed by atoms with Gasteiger partial charge in [0.15, 0.2) is 5.69 Å². The summed E-state index contributed by atoms with van der Waals surface area (Å²) in [6.07, 6.45) is 0. The molecule has 0 radical (unpaired) electrons. The number of nitrogens with two attached hydrogens (primary N) is 1. The molecule has 0 aliphatic heterocycles. The maximum Gasteiger partial charge on any atom is 0.358 e. The Morgan fingerprint density at radius 3 is 2.67 bits per heavy atom. The quantitative estimate of drug-likeness (QED) is 0.814. The Morgan fingerprint density at radius 2 is 2.06 bits per heavy atom. The molecule has 0 unspecified atom stereocenters. The highest BCUT2D eigenvalue weighted by Gasteiger charge is 2.15. The number of nitrogens with zero attached hydrogens (tertiary/aromatic N) is 2. The molecule has 0 saturated heterocycles. The van der Waals surface area contributed by atoms with Gasteiger partial charge in [-0.2, -0.15) is 9.78 Å². The Kier molecular flexibility index (Phi) is 2.80. The van der Waals surface area contributed by atoms with E-state index in [0.29, 0.717) is 4.68 Å². The van der Waals surface area contributed by atoms with E-state index in [-0.39, 0.29) is 11.4 Å². The summed E-state index contributed by atoms with van der Waals surface area (Å²) in [6.45, 7) is 0. The van der Waals surface area contributed by atoms with E-state index in [1.165, 1.54) is 18.2 Å². The smallest absolute Gasteiger partial charge is 0.358 e. The highest BCUT2D eigenvalue weighted by atomic mass is 19.1. The number of benzene rings is 1. The fourth-order valence-electron chi connectivity index (χ4n) is 1.43. The van der Waals surface area contributed by atoms with Crippen LogP contribution >= 0.6 is 0 Å². The van der Waals surface area contributed by atoms with E-state index in [1.807, 2.05) is 0 Å². The fraction of sp³-hybridized carbons (Fsp3) is 0. The predicted octanol–water partition coefficient (Wildman–Crippen LogP) is 0.652. The number of nitrogen functional groups attached to an aromatic ring is 1. The molecule has 3 N–H and O–H groups in total. The molecular weight excluding hydrogens is 241 g/mol. The van der Waals surface area contributed by atoms with Crippen molar-refractivity contribution < 1.29 is 14.3 Å². The monoisotopic (exact) mass is 249 g/mol. The number of carbonyl (C=O) groups is 1. The summed E-state index contributed by atoms with van der Waals surface area (Å²) in [5.74, 6) is -2.08. The minimum Gasteiger partial charge on any atom is -0.476 e. The first-order valence-corrected chi connectivity index (χ1v) is 4.89. The van der Waals surface area contributed by atoms with Crippen LogP contribution < -0.4 is 11.3 Å². The zero-order valence-electron chi connectivity index (χ0n) is 9.00. The Bertz CT molecular complexity index is 681. The maximum atomic E-state index is 13.5. The van der Waals surface area contributed by atoms with Gasteiger partial charge in [-0.15, -0.1) is 0 Å². The van der Waals surface area contributed by atoms with Crippen molar-refractivity contribution in [2.24, 2.45) is 0 Å². The van der Waals surface area contributed by atoms with Crippen LogP contribution in [0, 0.1) is 5.82 Å². The lowest BCUT2D eigenvalue weighted by Crippen LogP contribution is -2.25. The van der Waals surface area contributed by atoms with Crippen LogP contribution in [0.3, 0.4) is 0 Å². The standard InChI is InChI=1S/C11H8FN3O3/c12-6-3-1-2-4-8(6)15-9(16)5-7(13)10(14-15)11(17)18/h1-5H,13H2,(H,17,18). The zero-order valence-corrected chi connectivity index (χ0v) is 9.00. The van der Waals surface area contributed by atoms with Crippen LogP contribution in [0.1, 0.15) is 10.5 Å². The molecule has 0 atom stereocenters. The molecule has 2 aromatic rings. The van der Waals surface area contributed by atoms with E-state index in [2.05, 4.69) is 5.10 Å². The van der Waals surface area contributed by atoms with Crippen molar-refractivity contribution in [3.63, 3.8) is 0 Å². The van der Waals surface area contributed by atoms with E-state index in [9.17, 15) is 14.0 Å². The first-order chi connectivity index (χ1) is 8.50. The number of hydrogen-bond donors (Lipinski definition) is 2. The lowest BCUT2D eigenvalue weighted by Gasteiger charge is -2.07. The molecule has 1 aromatic carbocycles. The topological polar surface area (TPSA) is 98.2 Å². The summed E-state index contributed by atoms with van der Waals surface area (Å²) in [6, 6.07) is 6.29. The first kappa shape index (κ1) is 11.8. The summed E-state index contributed by atoms with van der Waals surface area (Å²) >= 11 is 0. The van der Waals surface area contributed by atoms with Crippen molar-refractivity contribution in [3.8, 4) is 5.69 Å². The molecule has 0 aliphatic rings. The lowest BCUT2D eigenvalue weighted by atomic mass is 10.3. The Labute approximate surface area is 100 Å². The number of hydrogen-bond acceptors (Lipinski definition) is 4. The Morgan fingerprint density at radius 1 is 1.39 bits per heavy atom. The van der Waals surface area contributed by atoms with Crippen LogP contribution in [0.15, 0.2) is 35.1 Å². The highest BCUT2D eigenvalue weighted by molar-refractivity contribution is 5.90. The van der Waals surface area contributed by atoms with Gasteiger partial charge >= 0.3 is 5.97 Å². The van der Waals surface area contributed by atoms with Gasteiger partial charge in [-0.3, -0.25) is 4.79 Å². The fourth-order valence-corrected chi connectivity index (χ4v) is 1.43. The molecule has 0 amide bonds. The number of rotatable bonds is 2. The summed E-state index contributed by atoms with van der Waals surface area (Å²) in [4.78, 5) is 22.5. The second-order valence-corrected chi connectivity index (χ2v) is 3.45. The van der Waals surface area contributed by atoms with Gasteiger partial charge in [0.05, 0.1) is 5.69 Å². The van der Waals surface area contributed by atoms with Crippen LogP contribution in [0.2, 0.25) is 0 Å². The molecule has 0 spiro atoms. The molecule has 0 saturated carbocycles. The molecule has 1 aromatic heterocycles. The van der Waals surface area contributed by atoms with Gasteiger partial charge in [0.2, 0.25) is 0 Å². The van der Waals surface area contributed by atoms with Gasteiger partial charge in [0.25, 0.3) is 5.56 Å². The Hall–Kier alpha value is -2.70. The highest BCUT2D eigenvalue weighted by Crippen LogP contribution is 2.11. The number of aromatic nitrogens is 2. The minimum atomic E-state index is -1.39. The second-order valence-electron chi connectivity index (χ2n) is 3.45. The molecule has 0 aliphatic carbocycles. The van der Waals surface area contributed by atoms with E-state index < -0.39 is 23.0 Å². The maximum absolute atomic E-state index is 13.5. The normalized spacial score (nSPS) is 10.3. The van der Waals surface area contributed by atoms with Crippen LogP contribution in [0.25, 0.3) is 5.69 Å². The van der Waals surface area contributed by atoms with Crippen molar-refractivity contribution >= 4 is 11.7 Å². The van der Waals surface area contributed by atoms with E-state index in [0.717, 1.165) is 12.1 Å².